The zero-order chi connectivity index (χ0) is 22.3. The van der Waals surface area contributed by atoms with Crippen molar-refractivity contribution in [3.05, 3.63) is 63.8 Å². The van der Waals surface area contributed by atoms with Gasteiger partial charge in [0.15, 0.2) is 5.76 Å². The van der Waals surface area contributed by atoms with E-state index in [1.807, 2.05) is 56.8 Å². The zero-order valence-electron chi connectivity index (χ0n) is 17.9. The van der Waals surface area contributed by atoms with E-state index in [9.17, 15) is 14.4 Å². The number of aromatic amines is 1. The second-order valence-electron chi connectivity index (χ2n) is 8.01. The molecular weight excluding hydrogens is 396 g/mol. The van der Waals surface area contributed by atoms with E-state index in [0.717, 1.165) is 28.6 Å². The minimum Gasteiger partial charge on any atom is -0.404 e. The molecule has 31 heavy (non-hydrogen) atoms. The molecule has 1 fully saturated rings. The molecule has 1 atom stereocenters. The summed E-state index contributed by atoms with van der Waals surface area (Å²) in [5.74, 6) is -1.07. The largest absolute Gasteiger partial charge is 0.419 e. The van der Waals surface area contributed by atoms with Gasteiger partial charge < -0.3 is 9.72 Å². The summed E-state index contributed by atoms with van der Waals surface area (Å²) in [4.78, 5) is 39.1. The van der Waals surface area contributed by atoms with Gasteiger partial charge in [-0.25, -0.2) is 4.79 Å². The van der Waals surface area contributed by atoms with Gasteiger partial charge in [-0.1, -0.05) is 19.9 Å². The van der Waals surface area contributed by atoms with Gasteiger partial charge in [0.05, 0.1) is 5.52 Å². The molecule has 0 radical (unpaired) electrons. The van der Waals surface area contributed by atoms with E-state index in [1.165, 1.54) is 6.08 Å². The van der Waals surface area contributed by atoms with Crippen LogP contribution in [0.1, 0.15) is 37.8 Å². The number of hydrogen-bond acceptors (Lipinski definition) is 5. The number of carbonyl (C=O) groups is 2. The lowest BCUT2D eigenvalue weighted by Crippen LogP contribution is -2.21. The van der Waals surface area contributed by atoms with Gasteiger partial charge >= 0.3 is 6.09 Å². The highest BCUT2D eigenvalue weighted by atomic mass is 16.6. The third-order valence-electron chi connectivity index (χ3n) is 5.50. The Morgan fingerprint density at radius 1 is 1.19 bits per heavy atom. The van der Waals surface area contributed by atoms with Gasteiger partial charge in [-0.3, -0.25) is 19.6 Å². The molecule has 160 valence electrons. The van der Waals surface area contributed by atoms with E-state index < -0.39 is 17.9 Å². The molecule has 3 aromatic rings. The first kappa shape index (κ1) is 20.6. The molecular formula is C23H24N4O4. The Morgan fingerprint density at radius 2 is 1.97 bits per heavy atom. The van der Waals surface area contributed by atoms with Crippen LogP contribution in [0.3, 0.4) is 0 Å². The van der Waals surface area contributed by atoms with Crippen molar-refractivity contribution in [3.8, 4) is 11.3 Å². The summed E-state index contributed by atoms with van der Waals surface area (Å²) >= 11 is 0. The topological polar surface area (TPSA) is 106 Å². The van der Waals surface area contributed by atoms with Gasteiger partial charge in [0.1, 0.15) is 0 Å². The first-order valence-electron chi connectivity index (χ1n) is 10.2. The summed E-state index contributed by atoms with van der Waals surface area (Å²) in [6, 6.07) is 7.60. The molecule has 2 N–H and O–H groups in total. The van der Waals surface area contributed by atoms with Crippen LogP contribution in [-0.4, -0.2) is 26.8 Å². The highest BCUT2D eigenvalue weighted by Gasteiger charge is 2.29. The van der Waals surface area contributed by atoms with Crippen molar-refractivity contribution in [1.29, 1.82) is 0 Å². The molecule has 1 aromatic carbocycles. The van der Waals surface area contributed by atoms with Gasteiger partial charge in [0.2, 0.25) is 0 Å². The number of ether oxygens (including phenoxy) is 1. The summed E-state index contributed by atoms with van der Waals surface area (Å²) in [6.45, 7) is 8.72. The molecule has 0 aliphatic carbocycles. The number of allylic oxidation sites excluding steroid dienone is 1. The van der Waals surface area contributed by atoms with E-state index >= 15 is 0 Å². The van der Waals surface area contributed by atoms with E-state index in [2.05, 4.69) is 15.4 Å². The fourth-order valence-corrected chi connectivity index (χ4v) is 3.82. The van der Waals surface area contributed by atoms with Crippen molar-refractivity contribution in [1.82, 2.24) is 20.1 Å². The number of H-pyrrole nitrogens is 1. The van der Waals surface area contributed by atoms with Crippen LogP contribution >= 0.6 is 0 Å². The number of alkyl carbamates (subject to hydrolysis) is 1. The molecule has 2 amide bonds. The molecule has 8 nitrogen and oxygen atoms in total. The fraction of sp³-hybridized carbons (Fsp3) is 0.304. The van der Waals surface area contributed by atoms with Gasteiger partial charge in [0.25, 0.3) is 11.5 Å². The number of fused-ring (bicyclic) bond motifs is 1. The monoisotopic (exact) mass is 420 g/mol. The first-order chi connectivity index (χ1) is 14.8. The summed E-state index contributed by atoms with van der Waals surface area (Å²) in [5, 5.41) is 7.73. The number of nitrogens with one attached hydrogen (secondary N) is 2. The number of amides is 2. The SMILES string of the molecule is CCn1cc2c(C)cc(-c3ccc(C(C=C4OC(=O)NC4=O)C(C)C)c(=O)[nH]3)cc2n1. The summed E-state index contributed by atoms with van der Waals surface area (Å²) in [6.07, 6.45) is 2.75. The average Bonchev–Trinajstić information content (AvgIpc) is 3.28. The zero-order valence-corrected chi connectivity index (χ0v) is 17.9. The maximum atomic E-state index is 13.0. The van der Waals surface area contributed by atoms with Crippen LogP contribution < -0.4 is 10.9 Å². The van der Waals surface area contributed by atoms with E-state index in [1.54, 1.807) is 6.07 Å². The predicted molar refractivity (Wildman–Crippen MR) is 116 cm³/mol. The smallest absolute Gasteiger partial charge is 0.404 e. The molecule has 3 heterocycles. The van der Waals surface area contributed by atoms with Crippen LogP contribution in [0, 0.1) is 12.8 Å². The molecule has 1 unspecified atom stereocenters. The van der Waals surface area contributed by atoms with Crippen molar-refractivity contribution in [2.45, 2.75) is 40.2 Å². The normalized spacial score (nSPS) is 16.2. The second-order valence-corrected chi connectivity index (χ2v) is 8.01. The number of rotatable bonds is 5. The van der Waals surface area contributed by atoms with Crippen LogP contribution in [0.25, 0.3) is 22.2 Å². The lowest BCUT2D eigenvalue weighted by Gasteiger charge is -2.17. The van der Waals surface area contributed by atoms with Gasteiger partial charge in [-0.05, 0) is 49.6 Å². The number of cyclic esters (lactones) is 1. The van der Waals surface area contributed by atoms with Crippen molar-refractivity contribution >= 4 is 22.9 Å². The second kappa shape index (κ2) is 7.86. The molecule has 2 aromatic heterocycles. The van der Waals surface area contributed by atoms with E-state index in [-0.39, 0.29) is 17.2 Å². The summed E-state index contributed by atoms with van der Waals surface area (Å²) < 4.78 is 6.80. The van der Waals surface area contributed by atoms with E-state index in [0.29, 0.717) is 11.3 Å². The minimum absolute atomic E-state index is 0.00292. The van der Waals surface area contributed by atoms with Crippen molar-refractivity contribution in [2.75, 3.05) is 0 Å². The number of pyridine rings is 1. The number of benzene rings is 1. The highest BCUT2D eigenvalue weighted by Crippen LogP contribution is 2.29. The number of nitrogens with zero attached hydrogens (tertiary/aromatic N) is 2. The van der Waals surface area contributed by atoms with Crippen molar-refractivity contribution < 1.29 is 14.3 Å². The average molecular weight is 420 g/mol. The third-order valence-corrected chi connectivity index (χ3v) is 5.50. The lowest BCUT2D eigenvalue weighted by molar-refractivity contribution is -0.116. The maximum absolute atomic E-state index is 13.0. The Labute approximate surface area is 178 Å². The molecule has 1 aliphatic rings. The minimum atomic E-state index is -0.806. The molecule has 8 heteroatoms. The number of imide groups is 1. The fourth-order valence-electron chi connectivity index (χ4n) is 3.82. The third kappa shape index (κ3) is 3.88. The highest BCUT2D eigenvalue weighted by molar-refractivity contribution is 6.07. The first-order valence-corrected chi connectivity index (χ1v) is 10.2. The van der Waals surface area contributed by atoms with Crippen LogP contribution in [0.4, 0.5) is 4.79 Å². The van der Waals surface area contributed by atoms with Gasteiger partial charge in [0, 0.05) is 40.9 Å². The molecule has 0 bridgehead atoms. The molecule has 4 rings (SSSR count). The van der Waals surface area contributed by atoms with Crippen molar-refractivity contribution in [2.24, 2.45) is 5.92 Å². The number of aryl methyl sites for hydroxylation is 2. The maximum Gasteiger partial charge on any atom is 0.419 e. The molecule has 0 saturated carbocycles. The summed E-state index contributed by atoms with van der Waals surface area (Å²) in [5.41, 5.74) is 3.75. The number of hydrogen-bond donors (Lipinski definition) is 2. The molecule has 0 spiro atoms. The number of aromatic nitrogens is 3. The van der Waals surface area contributed by atoms with Gasteiger partial charge in [-0.2, -0.15) is 5.10 Å². The van der Waals surface area contributed by atoms with Crippen LogP contribution in [-0.2, 0) is 16.1 Å². The Bertz CT molecular complexity index is 1280. The van der Waals surface area contributed by atoms with Crippen LogP contribution in [0.15, 0.2) is 47.1 Å². The lowest BCUT2D eigenvalue weighted by atomic mass is 9.88. The predicted octanol–water partition coefficient (Wildman–Crippen LogP) is 3.61. The van der Waals surface area contributed by atoms with Crippen LogP contribution in [0.5, 0.6) is 0 Å². The van der Waals surface area contributed by atoms with E-state index in [4.69, 9.17) is 4.74 Å². The van der Waals surface area contributed by atoms with Gasteiger partial charge in [-0.15, -0.1) is 0 Å². The standard InChI is InChI=1S/C23H24N4O4/c1-5-27-11-17-13(4)8-14(9-19(17)26-27)18-7-6-15(21(28)24-18)16(12(2)3)10-20-22(29)25-23(30)31-20/h6-12,16H,5H2,1-4H3,(H,24,28)(H,25,29,30). The molecule has 1 saturated heterocycles. The number of carbonyl (C=O) groups excluding carboxylic acids is 2. The Morgan fingerprint density at radius 3 is 2.58 bits per heavy atom. The Balaban J connectivity index is 1.73. The Kier molecular flexibility index (Phi) is 5.22. The van der Waals surface area contributed by atoms with Crippen LogP contribution in [0.2, 0.25) is 0 Å². The Hall–Kier alpha value is -3.68. The molecule has 1 aliphatic heterocycles. The van der Waals surface area contributed by atoms with Crippen molar-refractivity contribution in [3.63, 3.8) is 0 Å². The quantitative estimate of drug-likeness (QED) is 0.614. The summed E-state index contributed by atoms with van der Waals surface area (Å²) in [7, 11) is 0.